The molecule has 0 saturated carbocycles. The second-order valence-electron chi connectivity index (χ2n) is 6.17. The van der Waals surface area contributed by atoms with Crippen molar-refractivity contribution in [2.24, 2.45) is 11.1 Å². The Labute approximate surface area is 126 Å². The highest BCUT2D eigenvalue weighted by Gasteiger charge is 2.37. The van der Waals surface area contributed by atoms with E-state index in [1.165, 1.54) is 0 Å². The largest absolute Gasteiger partial charge is 0.381 e. The molecule has 6 heteroatoms. The average molecular weight is 294 g/mol. The summed E-state index contributed by atoms with van der Waals surface area (Å²) in [5.74, 6) is -0.229. The Balaban J connectivity index is 1.95. The number of nitrogens with zero attached hydrogens (tertiary/aromatic N) is 2. The van der Waals surface area contributed by atoms with Gasteiger partial charge in [-0.05, 0) is 33.6 Å². The lowest BCUT2D eigenvalue weighted by atomic mass is 9.79. The average Bonchev–Trinajstić information content (AvgIpc) is 2.81. The van der Waals surface area contributed by atoms with E-state index in [1.807, 2.05) is 11.6 Å². The maximum absolute atomic E-state index is 11.8. The van der Waals surface area contributed by atoms with Gasteiger partial charge < -0.3 is 15.8 Å². The molecule has 1 aromatic rings. The van der Waals surface area contributed by atoms with Crippen molar-refractivity contribution in [1.82, 2.24) is 15.1 Å². The molecule has 1 aliphatic rings. The van der Waals surface area contributed by atoms with Crippen LogP contribution in [0.2, 0.25) is 0 Å². The van der Waals surface area contributed by atoms with E-state index in [9.17, 15) is 4.79 Å². The number of hydrogen-bond acceptors (Lipinski definition) is 4. The van der Waals surface area contributed by atoms with Gasteiger partial charge in [0.2, 0.25) is 5.91 Å². The maximum atomic E-state index is 11.8. The fourth-order valence-electron chi connectivity index (χ4n) is 2.67. The standard InChI is InChI=1S/C15H26N4O2/c1-11(2)19-9-13(12(3)18-19)8-17-10-15(14(16)20)4-6-21-7-5-15/h9,11,17H,4-8,10H2,1-3H3,(H2,16,20). The Bertz CT molecular complexity index is 490. The number of carbonyl (C=O) groups excluding carboxylic acids is 1. The molecule has 0 aromatic carbocycles. The van der Waals surface area contributed by atoms with Crippen molar-refractivity contribution in [3.8, 4) is 0 Å². The highest BCUT2D eigenvalue weighted by molar-refractivity contribution is 5.81. The van der Waals surface area contributed by atoms with Crippen molar-refractivity contribution >= 4 is 5.91 Å². The van der Waals surface area contributed by atoms with Gasteiger partial charge in [-0.1, -0.05) is 0 Å². The molecular formula is C15H26N4O2. The van der Waals surface area contributed by atoms with E-state index in [2.05, 4.69) is 30.5 Å². The SMILES string of the molecule is Cc1nn(C(C)C)cc1CNCC1(C(N)=O)CCOCC1. The second kappa shape index (κ2) is 6.58. The zero-order chi connectivity index (χ0) is 15.5. The Hall–Kier alpha value is -1.40. The molecule has 1 saturated heterocycles. The fourth-order valence-corrected chi connectivity index (χ4v) is 2.67. The van der Waals surface area contributed by atoms with Crippen LogP contribution >= 0.6 is 0 Å². The molecule has 0 bridgehead atoms. The van der Waals surface area contributed by atoms with E-state index in [4.69, 9.17) is 10.5 Å². The normalized spacial score (nSPS) is 18.1. The van der Waals surface area contributed by atoms with Gasteiger partial charge >= 0.3 is 0 Å². The minimum Gasteiger partial charge on any atom is -0.381 e. The number of carbonyl (C=O) groups is 1. The second-order valence-corrected chi connectivity index (χ2v) is 6.17. The first-order valence-electron chi connectivity index (χ1n) is 7.57. The van der Waals surface area contributed by atoms with Gasteiger partial charge in [-0.3, -0.25) is 9.48 Å². The van der Waals surface area contributed by atoms with Crippen LogP contribution in [0.5, 0.6) is 0 Å². The fraction of sp³-hybridized carbons (Fsp3) is 0.733. The summed E-state index contributed by atoms with van der Waals surface area (Å²) in [4.78, 5) is 11.8. The summed E-state index contributed by atoms with van der Waals surface area (Å²) in [6.07, 6.45) is 3.45. The van der Waals surface area contributed by atoms with Crippen molar-refractivity contribution in [2.45, 2.75) is 46.2 Å². The van der Waals surface area contributed by atoms with E-state index >= 15 is 0 Å². The first-order chi connectivity index (χ1) is 9.94. The van der Waals surface area contributed by atoms with Crippen LogP contribution in [0.3, 0.4) is 0 Å². The smallest absolute Gasteiger partial charge is 0.225 e. The zero-order valence-electron chi connectivity index (χ0n) is 13.2. The number of hydrogen-bond donors (Lipinski definition) is 2. The van der Waals surface area contributed by atoms with Gasteiger partial charge in [-0.2, -0.15) is 5.10 Å². The van der Waals surface area contributed by atoms with Crippen molar-refractivity contribution in [3.63, 3.8) is 0 Å². The van der Waals surface area contributed by atoms with E-state index in [1.54, 1.807) is 0 Å². The van der Waals surface area contributed by atoms with Crippen LogP contribution in [0.25, 0.3) is 0 Å². The summed E-state index contributed by atoms with van der Waals surface area (Å²) < 4.78 is 7.30. The number of rotatable bonds is 6. The number of aryl methyl sites for hydroxylation is 1. The number of amides is 1. The van der Waals surface area contributed by atoms with Crippen LogP contribution in [-0.4, -0.2) is 35.4 Å². The summed E-state index contributed by atoms with van der Waals surface area (Å²) >= 11 is 0. The number of nitrogens with one attached hydrogen (secondary N) is 1. The van der Waals surface area contributed by atoms with Gasteiger partial charge in [-0.15, -0.1) is 0 Å². The molecule has 21 heavy (non-hydrogen) atoms. The highest BCUT2D eigenvalue weighted by atomic mass is 16.5. The third kappa shape index (κ3) is 3.63. The van der Waals surface area contributed by atoms with Gasteiger partial charge in [0.25, 0.3) is 0 Å². The molecule has 0 spiro atoms. The van der Waals surface area contributed by atoms with Crippen molar-refractivity contribution in [1.29, 1.82) is 0 Å². The Morgan fingerprint density at radius 2 is 2.19 bits per heavy atom. The first-order valence-corrected chi connectivity index (χ1v) is 7.57. The number of ether oxygens (including phenoxy) is 1. The molecule has 1 fully saturated rings. The van der Waals surface area contributed by atoms with Crippen molar-refractivity contribution in [3.05, 3.63) is 17.5 Å². The summed E-state index contributed by atoms with van der Waals surface area (Å²) in [7, 11) is 0. The summed E-state index contributed by atoms with van der Waals surface area (Å²) in [5.41, 5.74) is 7.32. The molecular weight excluding hydrogens is 268 g/mol. The van der Waals surface area contributed by atoms with Gasteiger partial charge in [0.15, 0.2) is 0 Å². The minimum atomic E-state index is -0.472. The van der Waals surface area contributed by atoms with Gasteiger partial charge in [0, 0.05) is 44.1 Å². The number of nitrogens with two attached hydrogens (primary N) is 1. The summed E-state index contributed by atoms with van der Waals surface area (Å²) in [5, 5.41) is 7.87. The molecule has 1 amide bonds. The van der Waals surface area contributed by atoms with Crippen molar-refractivity contribution in [2.75, 3.05) is 19.8 Å². The van der Waals surface area contributed by atoms with Crippen LogP contribution in [0, 0.1) is 12.3 Å². The lowest BCUT2D eigenvalue weighted by Crippen LogP contribution is -2.48. The Morgan fingerprint density at radius 3 is 2.71 bits per heavy atom. The molecule has 0 atom stereocenters. The molecule has 1 aliphatic heterocycles. The molecule has 118 valence electrons. The monoisotopic (exact) mass is 294 g/mol. The molecule has 0 unspecified atom stereocenters. The van der Waals surface area contributed by atoms with Gasteiger partial charge in [0.1, 0.15) is 0 Å². The first kappa shape index (κ1) is 16.0. The molecule has 6 nitrogen and oxygen atoms in total. The lowest BCUT2D eigenvalue weighted by Gasteiger charge is -2.34. The molecule has 2 rings (SSSR count). The van der Waals surface area contributed by atoms with Crippen LogP contribution in [-0.2, 0) is 16.1 Å². The molecule has 3 N–H and O–H groups in total. The van der Waals surface area contributed by atoms with Crippen molar-refractivity contribution < 1.29 is 9.53 Å². The van der Waals surface area contributed by atoms with Crippen LogP contribution in [0.1, 0.15) is 44.0 Å². The molecule has 0 radical (unpaired) electrons. The van der Waals surface area contributed by atoms with E-state index in [0.29, 0.717) is 45.2 Å². The van der Waals surface area contributed by atoms with Gasteiger partial charge in [-0.25, -0.2) is 0 Å². The molecule has 0 aliphatic carbocycles. The van der Waals surface area contributed by atoms with Crippen LogP contribution in [0.4, 0.5) is 0 Å². The number of aromatic nitrogens is 2. The van der Waals surface area contributed by atoms with E-state index < -0.39 is 5.41 Å². The molecule has 1 aromatic heterocycles. The summed E-state index contributed by atoms with van der Waals surface area (Å²) in [6.45, 7) is 8.73. The van der Waals surface area contributed by atoms with Crippen LogP contribution < -0.4 is 11.1 Å². The van der Waals surface area contributed by atoms with Gasteiger partial charge in [0.05, 0.1) is 11.1 Å². The third-order valence-corrected chi connectivity index (χ3v) is 4.30. The zero-order valence-corrected chi connectivity index (χ0v) is 13.2. The molecule has 2 heterocycles. The lowest BCUT2D eigenvalue weighted by molar-refractivity contribution is -0.132. The quantitative estimate of drug-likeness (QED) is 0.824. The van der Waals surface area contributed by atoms with E-state index in [0.717, 1.165) is 11.3 Å². The van der Waals surface area contributed by atoms with Crippen LogP contribution in [0.15, 0.2) is 6.20 Å². The van der Waals surface area contributed by atoms with E-state index in [-0.39, 0.29) is 5.91 Å². The highest BCUT2D eigenvalue weighted by Crippen LogP contribution is 2.29. The Morgan fingerprint density at radius 1 is 1.52 bits per heavy atom. The maximum Gasteiger partial charge on any atom is 0.225 e. The Kier molecular flexibility index (Phi) is 5.00. The predicted octanol–water partition coefficient (Wildman–Crippen LogP) is 1.14. The summed E-state index contributed by atoms with van der Waals surface area (Å²) in [6, 6.07) is 0.352. The minimum absolute atomic E-state index is 0.229. The predicted molar refractivity (Wildman–Crippen MR) is 80.7 cm³/mol. The third-order valence-electron chi connectivity index (χ3n) is 4.30. The number of primary amides is 1. The topological polar surface area (TPSA) is 82.2 Å².